The van der Waals surface area contributed by atoms with E-state index in [-0.39, 0.29) is 5.75 Å². The number of aromatic hydroxyl groups is 1. The Labute approximate surface area is 152 Å². The minimum atomic E-state index is -0.0422. The van der Waals surface area contributed by atoms with Gasteiger partial charge >= 0.3 is 0 Å². The van der Waals surface area contributed by atoms with Crippen molar-refractivity contribution < 1.29 is 19.0 Å². The number of phenols is 1. The number of phenolic OH excluding ortho intramolecular Hbond substituents is 1. The van der Waals surface area contributed by atoms with E-state index in [2.05, 4.69) is 4.98 Å². The first-order chi connectivity index (χ1) is 12.4. The molecule has 136 valence electrons. The minimum Gasteiger partial charge on any atom is -0.502 e. The lowest BCUT2D eigenvalue weighted by Gasteiger charge is -2.11. The highest BCUT2D eigenvalue weighted by atomic mass is 16.5. The van der Waals surface area contributed by atoms with Crippen molar-refractivity contribution in [1.82, 2.24) is 4.98 Å². The van der Waals surface area contributed by atoms with Crippen LogP contribution in [0.5, 0.6) is 17.2 Å². The Bertz CT molecular complexity index is 889. The monoisotopic (exact) mass is 354 g/mol. The van der Waals surface area contributed by atoms with Gasteiger partial charge in [0.05, 0.1) is 14.2 Å². The van der Waals surface area contributed by atoms with E-state index in [1.54, 1.807) is 12.1 Å². The molecule has 0 aliphatic carbocycles. The molecule has 0 amide bonds. The molecule has 0 bridgehead atoms. The maximum atomic E-state index is 10.1. The zero-order valence-corrected chi connectivity index (χ0v) is 15.5. The molecular formula is C20H22N2O4. The van der Waals surface area contributed by atoms with Gasteiger partial charge in [0.15, 0.2) is 11.5 Å². The second-order valence-electron chi connectivity index (χ2n) is 6.09. The van der Waals surface area contributed by atoms with Crippen LogP contribution in [0.15, 0.2) is 40.8 Å². The molecule has 1 N–H and O–H groups in total. The third-order valence-electron chi connectivity index (χ3n) is 4.18. The van der Waals surface area contributed by atoms with Crippen LogP contribution in [0.2, 0.25) is 0 Å². The summed E-state index contributed by atoms with van der Waals surface area (Å²) in [6, 6.07) is 11.4. The zero-order chi connectivity index (χ0) is 18.8. The Morgan fingerprint density at radius 3 is 2.04 bits per heavy atom. The maximum Gasteiger partial charge on any atom is 0.226 e. The van der Waals surface area contributed by atoms with Crippen molar-refractivity contribution in [3.05, 3.63) is 42.2 Å². The van der Waals surface area contributed by atoms with Crippen molar-refractivity contribution in [3.8, 4) is 40.0 Å². The molecule has 0 aliphatic heterocycles. The van der Waals surface area contributed by atoms with E-state index in [1.807, 2.05) is 50.2 Å². The standard InChI is InChI=1S/C20H22N2O4/c1-12-18(14-10-16(24-4)19(23)17(11-14)25-5)21-20(26-12)13-6-8-15(9-7-13)22(2)3/h6-11,23H,1-5H3. The third-order valence-corrected chi connectivity index (χ3v) is 4.18. The van der Waals surface area contributed by atoms with Crippen molar-refractivity contribution in [3.63, 3.8) is 0 Å². The van der Waals surface area contributed by atoms with Gasteiger partial charge in [-0.2, -0.15) is 0 Å². The second-order valence-corrected chi connectivity index (χ2v) is 6.09. The Morgan fingerprint density at radius 1 is 0.962 bits per heavy atom. The van der Waals surface area contributed by atoms with Gasteiger partial charge in [-0.15, -0.1) is 0 Å². The van der Waals surface area contributed by atoms with Crippen LogP contribution in [0.3, 0.4) is 0 Å². The fraction of sp³-hybridized carbons (Fsp3) is 0.250. The summed E-state index contributed by atoms with van der Waals surface area (Å²) in [5.41, 5.74) is 3.41. The summed E-state index contributed by atoms with van der Waals surface area (Å²) < 4.78 is 16.3. The number of rotatable bonds is 5. The summed E-state index contributed by atoms with van der Waals surface area (Å²) in [7, 11) is 6.97. The van der Waals surface area contributed by atoms with Crippen LogP contribution in [0, 0.1) is 6.92 Å². The minimum absolute atomic E-state index is 0.0422. The van der Waals surface area contributed by atoms with Gasteiger partial charge in [-0.25, -0.2) is 4.98 Å². The highest BCUT2D eigenvalue weighted by Gasteiger charge is 2.18. The van der Waals surface area contributed by atoms with E-state index in [1.165, 1.54) is 14.2 Å². The molecule has 26 heavy (non-hydrogen) atoms. The SMILES string of the molecule is COc1cc(-c2nc(-c3ccc(N(C)C)cc3)oc2C)cc(OC)c1O. The number of aromatic nitrogens is 1. The number of hydrogen-bond acceptors (Lipinski definition) is 6. The first-order valence-corrected chi connectivity index (χ1v) is 8.15. The molecule has 6 heteroatoms. The predicted molar refractivity (Wildman–Crippen MR) is 101 cm³/mol. The topological polar surface area (TPSA) is 68.0 Å². The molecule has 2 aromatic carbocycles. The van der Waals surface area contributed by atoms with E-state index < -0.39 is 0 Å². The summed E-state index contributed by atoms with van der Waals surface area (Å²) in [6.07, 6.45) is 0. The van der Waals surface area contributed by atoms with E-state index in [9.17, 15) is 5.11 Å². The Hall–Kier alpha value is -3.15. The number of nitrogens with zero attached hydrogens (tertiary/aromatic N) is 2. The molecule has 0 fully saturated rings. The van der Waals surface area contributed by atoms with Crippen LogP contribution >= 0.6 is 0 Å². The molecule has 1 aromatic heterocycles. The predicted octanol–water partition coefficient (Wildman–Crippen LogP) is 4.11. The van der Waals surface area contributed by atoms with E-state index in [4.69, 9.17) is 13.9 Å². The smallest absolute Gasteiger partial charge is 0.226 e. The number of oxazole rings is 1. The van der Waals surface area contributed by atoms with Crippen LogP contribution in [0.4, 0.5) is 5.69 Å². The average molecular weight is 354 g/mol. The van der Waals surface area contributed by atoms with E-state index >= 15 is 0 Å². The van der Waals surface area contributed by atoms with Gasteiger partial charge in [0.25, 0.3) is 0 Å². The number of methoxy groups -OCH3 is 2. The number of benzene rings is 2. The first-order valence-electron chi connectivity index (χ1n) is 8.15. The lowest BCUT2D eigenvalue weighted by Crippen LogP contribution is -2.07. The fourth-order valence-corrected chi connectivity index (χ4v) is 2.72. The normalized spacial score (nSPS) is 10.7. The second kappa shape index (κ2) is 7.00. The largest absolute Gasteiger partial charge is 0.502 e. The molecule has 0 saturated heterocycles. The van der Waals surface area contributed by atoms with Gasteiger partial charge in [-0.05, 0) is 43.3 Å². The van der Waals surface area contributed by atoms with Crippen LogP contribution in [-0.2, 0) is 0 Å². The van der Waals surface area contributed by atoms with Crippen LogP contribution < -0.4 is 14.4 Å². The van der Waals surface area contributed by atoms with E-state index in [0.717, 1.165) is 16.8 Å². The highest BCUT2D eigenvalue weighted by Crippen LogP contribution is 2.41. The van der Waals surface area contributed by atoms with Crippen molar-refractivity contribution in [2.24, 2.45) is 0 Å². The molecule has 1 heterocycles. The molecule has 0 aliphatic rings. The van der Waals surface area contributed by atoms with Gasteiger partial charge in [0.1, 0.15) is 11.5 Å². The maximum absolute atomic E-state index is 10.1. The van der Waals surface area contributed by atoms with Gasteiger partial charge in [0, 0.05) is 30.9 Å². The number of aryl methyl sites for hydroxylation is 1. The number of ether oxygens (including phenoxy) is 2. The Balaban J connectivity index is 2.03. The molecule has 0 atom stereocenters. The number of anilines is 1. The van der Waals surface area contributed by atoms with Gasteiger partial charge in [-0.3, -0.25) is 0 Å². The molecule has 0 unspecified atom stereocenters. The average Bonchev–Trinajstić information content (AvgIpc) is 3.03. The lowest BCUT2D eigenvalue weighted by molar-refractivity contribution is 0.340. The molecular weight excluding hydrogens is 332 g/mol. The molecule has 0 saturated carbocycles. The Morgan fingerprint density at radius 2 is 1.54 bits per heavy atom. The third kappa shape index (κ3) is 3.18. The molecule has 3 rings (SSSR count). The van der Waals surface area contributed by atoms with Crippen LogP contribution in [0.1, 0.15) is 5.76 Å². The summed E-state index contributed by atoms with van der Waals surface area (Å²) in [5, 5.41) is 10.1. The van der Waals surface area contributed by atoms with Gasteiger partial charge in [0.2, 0.25) is 11.6 Å². The number of hydrogen-bond donors (Lipinski definition) is 1. The van der Waals surface area contributed by atoms with Crippen molar-refractivity contribution in [1.29, 1.82) is 0 Å². The lowest BCUT2D eigenvalue weighted by atomic mass is 10.1. The van der Waals surface area contributed by atoms with Crippen molar-refractivity contribution in [2.75, 3.05) is 33.2 Å². The highest BCUT2D eigenvalue weighted by molar-refractivity contribution is 5.71. The summed E-state index contributed by atoms with van der Waals surface area (Å²) >= 11 is 0. The van der Waals surface area contributed by atoms with Crippen LogP contribution in [-0.4, -0.2) is 38.4 Å². The van der Waals surface area contributed by atoms with Gasteiger partial charge < -0.3 is 23.9 Å². The summed E-state index contributed by atoms with van der Waals surface area (Å²) in [4.78, 5) is 6.67. The van der Waals surface area contributed by atoms with Crippen LogP contribution in [0.25, 0.3) is 22.7 Å². The Kier molecular flexibility index (Phi) is 4.75. The van der Waals surface area contributed by atoms with E-state index in [0.29, 0.717) is 28.8 Å². The van der Waals surface area contributed by atoms with Crippen molar-refractivity contribution in [2.45, 2.75) is 6.92 Å². The molecule has 0 spiro atoms. The first kappa shape index (κ1) is 17.7. The van der Waals surface area contributed by atoms with Crippen molar-refractivity contribution >= 4 is 5.69 Å². The summed E-state index contributed by atoms with van der Waals surface area (Å²) in [5.74, 6) is 1.80. The quantitative estimate of drug-likeness (QED) is 0.744. The summed E-state index contributed by atoms with van der Waals surface area (Å²) in [6.45, 7) is 1.85. The zero-order valence-electron chi connectivity index (χ0n) is 15.5. The molecule has 3 aromatic rings. The molecule has 6 nitrogen and oxygen atoms in total. The molecule has 0 radical (unpaired) electrons. The van der Waals surface area contributed by atoms with Gasteiger partial charge in [-0.1, -0.05) is 0 Å². The fourth-order valence-electron chi connectivity index (χ4n) is 2.72.